The van der Waals surface area contributed by atoms with Gasteiger partial charge < -0.3 is 14.8 Å². The molecule has 0 unspecified atom stereocenters. The zero-order chi connectivity index (χ0) is 21.6. The highest BCUT2D eigenvalue weighted by Crippen LogP contribution is 2.22. The Morgan fingerprint density at radius 2 is 1.76 bits per heavy atom. The molecule has 2 aromatic rings. The van der Waals surface area contributed by atoms with Gasteiger partial charge in [0.25, 0.3) is 0 Å². The molecule has 1 N–H and O–H groups in total. The summed E-state index contributed by atoms with van der Waals surface area (Å²) in [4.78, 5) is 24.1. The van der Waals surface area contributed by atoms with Crippen molar-refractivity contribution in [1.82, 2.24) is 0 Å². The van der Waals surface area contributed by atoms with Crippen LogP contribution in [-0.2, 0) is 19.6 Å². The Kier molecular flexibility index (Phi) is 7.22. The fourth-order valence-corrected chi connectivity index (χ4v) is 3.39. The van der Waals surface area contributed by atoms with Gasteiger partial charge in [-0.25, -0.2) is 13.2 Å². The number of esters is 1. The first-order chi connectivity index (χ1) is 13.6. The van der Waals surface area contributed by atoms with E-state index in [1.165, 1.54) is 13.2 Å². The Bertz CT molecular complexity index is 971. The average Bonchev–Trinajstić information content (AvgIpc) is 2.65. The molecule has 0 saturated heterocycles. The van der Waals surface area contributed by atoms with Crippen molar-refractivity contribution in [2.45, 2.75) is 20.0 Å². The molecule has 0 atom stereocenters. The zero-order valence-electron chi connectivity index (χ0n) is 16.7. The summed E-state index contributed by atoms with van der Waals surface area (Å²) in [5.74, 6) is -0.496. The van der Waals surface area contributed by atoms with Gasteiger partial charge in [0.1, 0.15) is 12.3 Å². The number of nitrogens with zero attached hydrogens (tertiary/aromatic N) is 1. The number of hydrogen-bond donors (Lipinski definition) is 1. The van der Waals surface area contributed by atoms with E-state index in [0.29, 0.717) is 17.1 Å². The van der Waals surface area contributed by atoms with E-state index in [1.807, 2.05) is 13.8 Å². The molecule has 2 aromatic carbocycles. The van der Waals surface area contributed by atoms with Crippen molar-refractivity contribution in [2.24, 2.45) is 0 Å². The molecule has 0 aliphatic carbocycles. The third kappa shape index (κ3) is 6.49. The Morgan fingerprint density at radius 1 is 1.10 bits per heavy atom. The highest BCUT2D eigenvalue weighted by atomic mass is 32.2. The summed E-state index contributed by atoms with van der Waals surface area (Å²) >= 11 is 0. The van der Waals surface area contributed by atoms with Crippen LogP contribution in [0.3, 0.4) is 0 Å². The molecule has 0 fully saturated rings. The number of methoxy groups -OCH3 is 1. The van der Waals surface area contributed by atoms with Gasteiger partial charge in [0.2, 0.25) is 15.9 Å². The second kappa shape index (κ2) is 9.42. The molecule has 29 heavy (non-hydrogen) atoms. The molecule has 0 bridgehead atoms. The van der Waals surface area contributed by atoms with Crippen LogP contribution in [0.1, 0.15) is 24.2 Å². The van der Waals surface area contributed by atoms with E-state index in [-0.39, 0.29) is 11.7 Å². The number of hydrogen-bond acceptors (Lipinski definition) is 6. The Hall–Kier alpha value is -3.07. The quantitative estimate of drug-likeness (QED) is 0.659. The number of carbonyl (C=O) groups excluding carboxylic acids is 2. The van der Waals surface area contributed by atoms with Gasteiger partial charge in [-0.2, -0.15) is 0 Å². The minimum atomic E-state index is -3.71. The number of amides is 1. The number of nitrogens with one attached hydrogen (secondary N) is 1. The van der Waals surface area contributed by atoms with Crippen molar-refractivity contribution in [2.75, 3.05) is 29.5 Å². The van der Waals surface area contributed by atoms with E-state index < -0.39 is 28.4 Å². The number of carbonyl (C=O) groups is 2. The van der Waals surface area contributed by atoms with Gasteiger partial charge in [0, 0.05) is 5.69 Å². The van der Waals surface area contributed by atoms with Crippen molar-refractivity contribution in [3.8, 4) is 5.75 Å². The summed E-state index contributed by atoms with van der Waals surface area (Å²) in [6, 6.07) is 12.6. The molecule has 0 aliphatic rings. The van der Waals surface area contributed by atoms with Gasteiger partial charge >= 0.3 is 5.97 Å². The third-order valence-electron chi connectivity index (χ3n) is 3.75. The molecular formula is C20H24N2O6S. The van der Waals surface area contributed by atoms with Crippen LogP contribution in [-0.4, -0.2) is 46.3 Å². The maximum Gasteiger partial charge on any atom is 0.337 e. The van der Waals surface area contributed by atoms with E-state index in [0.717, 1.165) is 10.6 Å². The van der Waals surface area contributed by atoms with Crippen LogP contribution in [0, 0.1) is 0 Å². The van der Waals surface area contributed by atoms with E-state index in [1.54, 1.807) is 42.5 Å². The van der Waals surface area contributed by atoms with Gasteiger partial charge in [-0.05, 0) is 56.3 Å². The van der Waals surface area contributed by atoms with Crippen LogP contribution in [0.2, 0.25) is 0 Å². The first-order valence-electron chi connectivity index (χ1n) is 8.83. The molecule has 8 nitrogen and oxygen atoms in total. The molecule has 9 heteroatoms. The van der Waals surface area contributed by atoms with Crippen molar-refractivity contribution in [1.29, 1.82) is 0 Å². The van der Waals surface area contributed by atoms with Crippen molar-refractivity contribution in [3.05, 3.63) is 54.1 Å². The molecule has 1 amide bonds. The maximum atomic E-state index is 12.4. The third-order valence-corrected chi connectivity index (χ3v) is 4.89. The Balaban J connectivity index is 2.16. The molecule has 156 valence electrons. The molecule has 0 heterocycles. The monoisotopic (exact) mass is 420 g/mol. The summed E-state index contributed by atoms with van der Waals surface area (Å²) in [6.07, 6.45) is 1.01. The predicted octanol–water partition coefficient (Wildman–Crippen LogP) is 2.67. The summed E-state index contributed by atoms with van der Waals surface area (Å²) in [5.41, 5.74) is 0.958. The lowest BCUT2D eigenvalue weighted by atomic mass is 10.2. The molecule has 2 rings (SSSR count). The minimum Gasteiger partial charge on any atom is -0.491 e. The minimum absolute atomic E-state index is 0.0154. The standard InChI is InChI=1S/C20H24N2O6S/c1-14(2)28-18-10-8-17(9-11-18)22(29(4,25)26)13-19(23)21-16-7-5-6-15(12-16)20(24)27-3/h5-12,14H,13H2,1-4H3,(H,21,23). The van der Waals surface area contributed by atoms with Crippen molar-refractivity contribution >= 4 is 33.3 Å². The zero-order valence-corrected chi connectivity index (χ0v) is 17.5. The topological polar surface area (TPSA) is 102 Å². The van der Waals surface area contributed by atoms with Gasteiger partial charge in [0.05, 0.1) is 30.7 Å². The Morgan fingerprint density at radius 3 is 2.31 bits per heavy atom. The number of anilines is 2. The summed E-state index contributed by atoms with van der Waals surface area (Å²) < 4.78 is 35.6. The van der Waals surface area contributed by atoms with Gasteiger partial charge in [-0.3, -0.25) is 9.10 Å². The van der Waals surface area contributed by atoms with E-state index in [4.69, 9.17) is 4.74 Å². The fourth-order valence-electron chi connectivity index (χ4n) is 2.54. The highest BCUT2D eigenvalue weighted by Gasteiger charge is 2.21. The van der Waals surface area contributed by atoms with Crippen LogP contribution in [0.15, 0.2) is 48.5 Å². The molecule has 0 saturated carbocycles. The molecule has 0 aliphatic heterocycles. The normalized spacial score (nSPS) is 11.1. The molecule has 0 spiro atoms. The van der Waals surface area contributed by atoms with Crippen LogP contribution in [0.25, 0.3) is 0 Å². The van der Waals surface area contributed by atoms with E-state index >= 15 is 0 Å². The first-order valence-corrected chi connectivity index (χ1v) is 10.7. The lowest BCUT2D eigenvalue weighted by molar-refractivity contribution is -0.114. The average molecular weight is 420 g/mol. The van der Waals surface area contributed by atoms with Crippen LogP contribution in [0.4, 0.5) is 11.4 Å². The van der Waals surface area contributed by atoms with Gasteiger partial charge in [0.15, 0.2) is 0 Å². The van der Waals surface area contributed by atoms with Crippen molar-refractivity contribution < 1.29 is 27.5 Å². The summed E-state index contributed by atoms with van der Waals surface area (Å²) in [5, 5.41) is 2.59. The first kappa shape index (κ1) is 22.2. The largest absolute Gasteiger partial charge is 0.491 e. The molecule has 0 radical (unpaired) electrons. The number of sulfonamides is 1. The Labute approximate surface area is 170 Å². The lowest BCUT2D eigenvalue weighted by Gasteiger charge is -2.22. The van der Waals surface area contributed by atoms with E-state index in [2.05, 4.69) is 10.1 Å². The highest BCUT2D eigenvalue weighted by molar-refractivity contribution is 7.92. The SMILES string of the molecule is COC(=O)c1cccc(NC(=O)CN(c2ccc(OC(C)C)cc2)S(C)(=O)=O)c1. The van der Waals surface area contributed by atoms with Crippen LogP contribution < -0.4 is 14.4 Å². The van der Waals surface area contributed by atoms with Gasteiger partial charge in [-0.15, -0.1) is 0 Å². The van der Waals surface area contributed by atoms with Gasteiger partial charge in [-0.1, -0.05) is 6.07 Å². The number of rotatable bonds is 8. The number of ether oxygens (including phenoxy) is 2. The molecule has 0 aromatic heterocycles. The summed E-state index contributed by atoms with van der Waals surface area (Å²) in [6.45, 7) is 3.35. The van der Waals surface area contributed by atoms with Crippen molar-refractivity contribution in [3.63, 3.8) is 0 Å². The van der Waals surface area contributed by atoms with E-state index in [9.17, 15) is 18.0 Å². The predicted molar refractivity (Wildman–Crippen MR) is 111 cm³/mol. The summed E-state index contributed by atoms with van der Waals surface area (Å²) in [7, 11) is -2.45. The van der Waals surface area contributed by atoms with Crippen LogP contribution in [0.5, 0.6) is 5.75 Å². The smallest absolute Gasteiger partial charge is 0.337 e. The fraction of sp³-hybridized carbons (Fsp3) is 0.300. The second-order valence-corrected chi connectivity index (χ2v) is 8.46. The molecular weight excluding hydrogens is 396 g/mol. The second-order valence-electron chi connectivity index (χ2n) is 6.55. The lowest BCUT2D eigenvalue weighted by Crippen LogP contribution is -2.37. The number of benzene rings is 2. The maximum absolute atomic E-state index is 12.4. The van der Waals surface area contributed by atoms with Crippen LogP contribution >= 0.6 is 0 Å².